The van der Waals surface area contributed by atoms with Crippen LogP contribution >= 0.6 is 7.82 Å². The summed E-state index contributed by atoms with van der Waals surface area (Å²) in [7, 11) is -3.78. The van der Waals surface area contributed by atoms with Gasteiger partial charge in [0.2, 0.25) is 0 Å². The number of nitrogens with two attached hydrogens (primary N) is 1. The first kappa shape index (κ1) is 14.9. The molecule has 1 atom stereocenters. The molecule has 0 saturated heterocycles. The molecule has 8 nitrogen and oxygen atoms in total. The number of amides is 1. The van der Waals surface area contributed by atoms with Gasteiger partial charge in [0, 0.05) is 13.1 Å². The van der Waals surface area contributed by atoms with Crippen molar-refractivity contribution in [3.05, 3.63) is 29.5 Å². The summed E-state index contributed by atoms with van der Waals surface area (Å²) in [5.74, 6) is 0.240. The number of fused-ring (bicyclic) bond motifs is 3. The van der Waals surface area contributed by atoms with Gasteiger partial charge in [0.25, 0.3) is 5.91 Å². The van der Waals surface area contributed by atoms with Crippen LogP contribution in [0.1, 0.15) is 29.4 Å². The molecule has 0 saturated carbocycles. The van der Waals surface area contributed by atoms with Gasteiger partial charge in [0.15, 0.2) is 5.75 Å². The summed E-state index contributed by atoms with van der Waals surface area (Å²) in [6.45, 7) is 4.82. The quantitative estimate of drug-likeness (QED) is 0.842. The highest BCUT2D eigenvalue weighted by atomic mass is 31.2. The Bertz CT molecular complexity index is 1020. The van der Waals surface area contributed by atoms with Crippen LogP contribution in [0.4, 0.5) is 0 Å². The Hall–Kier alpha value is -2.44. The predicted octanol–water partition coefficient (Wildman–Crippen LogP) is 2.17. The van der Waals surface area contributed by atoms with Crippen molar-refractivity contribution in [2.24, 2.45) is 5.73 Å². The number of aromatic nitrogens is 1. The lowest BCUT2D eigenvalue weighted by Gasteiger charge is -2.29. The number of primary amides is 1. The molecule has 0 radical (unpaired) electrons. The van der Waals surface area contributed by atoms with Crippen molar-refractivity contribution in [3.63, 3.8) is 0 Å². The Labute approximate surface area is 143 Å². The molecule has 4 heterocycles. The van der Waals surface area contributed by atoms with E-state index in [0.29, 0.717) is 28.1 Å². The van der Waals surface area contributed by atoms with Crippen LogP contribution in [-0.2, 0) is 4.57 Å². The maximum atomic E-state index is 12.7. The van der Waals surface area contributed by atoms with Gasteiger partial charge in [-0.1, -0.05) is 13.0 Å². The van der Waals surface area contributed by atoms with Crippen molar-refractivity contribution in [3.8, 4) is 11.5 Å². The fraction of sp³-hybridized carbons (Fsp3) is 0.312. The summed E-state index contributed by atoms with van der Waals surface area (Å²) in [4.78, 5) is 14.2. The first-order valence-electron chi connectivity index (χ1n) is 8.13. The zero-order valence-corrected chi connectivity index (χ0v) is 14.4. The zero-order valence-electron chi connectivity index (χ0n) is 13.5. The first-order chi connectivity index (χ1) is 12.0. The van der Waals surface area contributed by atoms with Crippen LogP contribution in [0, 0.1) is 0 Å². The van der Waals surface area contributed by atoms with E-state index >= 15 is 0 Å². The highest BCUT2D eigenvalue weighted by Crippen LogP contribution is 2.63. The van der Waals surface area contributed by atoms with E-state index in [9.17, 15) is 9.36 Å². The number of hydrogen-bond donors (Lipinski definition) is 1. The van der Waals surface area contributed by atoms with Gasteiger partial charge in [-0.2, -0.15) is 9.30 Å². The fourth-order valence-corrected chi connectivity index (χ4v) is 4.91. The second-order valence-electron chi connectivity index (χ2n) is 6.26. The van der Waals surface area contributed by atoms with Gasteiger partial charge >= 0.3 is 7.82 Å². The second kappa shape index (κ2) is 4.80. The standard InChI is InChI=1S/C16H16N3O5P/c1-2-18-7-5-9(6-8-18)13-15-12-11-4-3-10(16(17)20)14(12)19(13)24-25(21,22-11)23-15/h3-5H,2,6-8H2,1H3,(H2,17,20). The van der Waals surface area contributed by atoms with Gasteiger partial charge in [-0.05, 0) is 30.7 Å². The number of hydrogen-bond acceptors (Lipinski definition) is 6. The molecule has 0 fully saturated rings. The Morgan fingerprint density at radius 3 is 2.88 bits per heavy atom. The van der Waals surface area contributed by atoms with E-state index < -0.39 is 13.7 Å². The minimum atomic E-state index is -3.78. The van der Waals surface area contributed by atoms with Crippen LogP contribution in [0.2, 0.25) is 0 Å². The van der Waals surface area contributed by atoms with Crippen LogP contribution in [0.25, 0.3) is 16.5 Å². The smallest absolute Gasteiger partial charge is 0.384 e. The summed E-state index contributed by atoms with van der Waals surface area (Å²) in [5, 5.41) is 0.578. The molecule has 25 heavy (non-hydrogen) atoms. The predicted molar refractivity (Wildman–Crippen MR) is 90.6 cm³/mol. The average Bonchev–Trinajstić information content (AvgIpc) is 2.78. The summed E-state index contributed by atoms with van der Waals surface area (Å²) in [5.41, 5.74) is 7.96. The van der Waals surface area contributed by atoms with Gasteiger partial charge in [-0.25, -0.2) is 0 Å². The maximum absolute atomic E-state index is 12.7. The number of carbonyl (C=O) groups is 1. The molecule has 1 aromatic heterocycles. The lowest BCUT2D eigenvalue weighted by Crippen LogP contribution is -2.29. The third-order valence-corrected chi connectivity index (χ3v) is 6.08. The Morgan fingerprint density at radius 2 is 2.20 bits per heavy atom. The van der Waals surface area contributed by atoms with Crippen molar-refractivity contribution in [1.29, 1.82) is 0 Å². The van der Waals surface area contributed by atoms with Crippen molar-refractivity contribution in [2.75, 3.05) is 19.6 Å². The van der Waals surface area contributed by atoms with Crippen molar-refractivity contribution in [1.82, 2.24) is 9.63 Å². The second-order valence-corrected chi connectivity index (χ2v) is 7.68. The highest BCUT2D eigenvalue weighted by Gasteiger charge is 2.49. The number of rotatable bonds is 3. The van der Waals surface area contributed by atoms with Gasteiger partial charge in [0.1, 0.15) is 17.0 Å². The average molecular weight is 361 g/mol. The number of benzene rings is 1. The fourth-order valence-electron chi connectivity index (χ4n) is 3.64. The third-order valence-electron chi connectivity index (χ3n) is 4.89. The number of phosphoric ester groups is 1. The van der Waals surface area contributed by atoms with E-state index in [1.807, 2.05) is 0 Å². The number of likely N-dealkylation sites (N-methyl/N-ethyl adjacent to an activating group) is 1. The Balaban J connectivity index is 1.80. The minimum Gasteiger partial charge on any atom is -0.384 e. The van der Waals surface area contributed by atoms with E-state index in [4.69, 9.17) is 19.4 Å². The molecule has 2 N–H and O–H groups in total. The molecule has 3 aliphatic heterocycles. The Morgan fingerprint density at radius 1 is 1.36 bits per heavy atom. The normalized spacial score (nSPS) is 24.0. The van der Waals surface area contributed by atoms with Crippen LogP contribution in [-0.4, -0.2) is 35.2 Å². The zero-order chi connectivity index (χ0) is 17.3. The molecule has 5 rings (SSSR count). The summed E-state index contributed by atoms with van der Waals surface area (Å²) in [6, 6.07) is 3.14. The van der Waals surface area contributed by atoms with E-state index in [2.05, 4.69) is 17.9 Å². The van der Waals surface area contributed by atoms with Crippen LogP contribution in [0.5, 0.6) is 11.5 Å². The molecule has 1 unspecified atom stereocenters. The van der Waals surface area contributed by atoms with Crippen molar-refractivity contribution in [2.45, 2.75) is 13.3 Å². The molecular formula is C16H16N3O5P. The molecule has 3 aliphatic rings. The lowest BCUT2D eigenvalue weighted by molar-refractivity contribution is 0.1000. The monoisotopic (exact) mass is 361 g/mol. The van der Waals surface area contributed by atoms with Gasteiger partial charge < -0.3 is 14.8 Å². The molecule has 1 amide bonds. The SMILES string of the molecule is CCN1CC=C(c2c3c4c5ccc(C(N)=O)c4n2OP(=O)(O5)O3)CC1. The molecule has 0 aliphatic carbocycles. The van der Waals surface area contributed by atoms with E-state index in [0.717, 1.165) is 31.6 Å². The number of carbonyl (C=O) groups excluding carboxylic acids is 1. The number of nitrogens with zero attached hydrogens (tertiary/aromatic N) is 2. The summed E-state index contributed by atoms with van der Waals surface area (Å²) in [6.07, 6.45) is 2.91. The van der Waals surface area contributed by atoms with E-state index in [1.165, 1.54) is 4.73 Å². The molecule has 2 aromatic rings. The van der Waals surface area contributed by atoms with Crippen LogP contribution < -0.4 is 19.4 Å². The largest absolute Gasteiger partial charge is 0.666 e. The minimum absolute atomic E-state index is 0.278. The molecule has 9 heteroatoms. The summed E-state index contributed by atoms with van der Waals surface area (Å²) >= 11 is 0. The van der Waals surface area contributed by atoms with E-state index in [1.54, 1.807) is 12.1 Å². The lowest BCUT2D eigenvalue weighted by atomic mass is 10.0. The Kier molecular flexibility index (Phi) is 2.86. The molecule has 0 spiro atoms. The van der Waals surface area contributed by atoms with Gasteiger partial charge in [-0.3, -0.25) is 14.3 Å². The van der Waals surface area contributed by atoms with Crippen LogP contribution in [0.3, 0.4) is 0 Å². The van der Waals surface area contributed by atoms with Gasteiger partial charge in [0.05, 0.1) is 10.9 Å². The topological polar surface area (TPSA) is 96.0 Å². The first-order valence-corrected chi connectivity index (χ1v) is 9.59. The number of phosphoric acid groups is 1. The third kappa shape index (κ3) is 1.92. The molecule has 3 bridgehead atoms. The van der Waals surface area contributed by atoms with Crippen LogP contribution in [0.15, 0.2) is 18.2 Å². The van der Waals surface area contributed by atoms with Crippen molar-refractivity contribution >= 4 is 30.2 Å². The summed E-state index contributed by atoms with van der Waals surface area (Å²) < 4.78 is 30.6. The highest BCUT2D eigenvalue weighted by molar-refractivity contribution is 7.49. The van der Waals surface area contributed by atoms with E-state index in [-0.39, 0.29) is 5.56 Å². The molecule has 130 valence electrons. The molecular weight excluding hydrogens is 345 g/mol. The van der Waals surface area contributed by atoms with Crippen molar-refractivity contribution < 1.29 is 23.0 Å². The maximum Gasteiger partial charge on any atom is 0.666 e. The van der Waals surface area contributed by atoms with Gasteiger partial charge in [-0.15, -0.1) is 0 Å². The molecule has 1 aromatic carbocycles.